The third-order valence-corrected chi connectivity index (χ3v) is 7.09. The minimum Gasteiger partial charge on any atom is -0.342 e. The first-order chi connectivity index (χ1) is 18.7. The SMILES string of the molecule is CN(C(=O)[C@H](Cc1ccccc1)NC(=O)CN1CCN(C(=O)c2ccccc2Cl)CC1=O)c1ccc(Cl)cc1. The van der Waals surface area contributed by atoms with E-state index in [4.69, 9.17) is 23.2 Å². The highest BCUT2D eigenvalue weighted by molar-refractivity contribution is 6.33. The van der Waals surface area contributed by atoms with Gasteiger partial charge in [0.25, 0.3) is 5.91 Å². The number of benzene rings is 3. The predicted molar refractivity (Wildman–Crippen MR) is 151 cm³/mol. The van der Waals surface area contributed by atoms with E-state index in [2.05, 4.69) is 5.32 Å². The van der Waals surface area contributed by atoms with Gasteiger partial charge in [0, 0.05) is 37.3 Å². The number of nitrogens with zero attached hydrogens (tertiary/aromatic N) is 3. The summed E-state index contributed by atoms with van der Waals surface area (Å²) in [5.41, 5.74) is 1.83. The van der Waals surface area contributed by atoms with Crippen LogP contribution in [0.5, 0.6) is 0 Å². The van der Waals surface area contributed by atoms with Crippen LogP contribution in [0.4, 0.5) is 5.69 Å². The summed E-state index contributed by atoms with van der Waals surface area (Å²) in [6, 6.07) is 22.0. The molecule has 0 bridgehead atoms. The van der Waals surface area contributed by atoms with Crippen molar-refractivity contribution in [3.05, 3.63) is 100 Å². The Balaban J connectivity index is 1.41. The Morgan fingerprint density at radius 1 is 0.923 bits per heavy atom. The van der Waals surface area contributed by atoms with E-state index in [0.717, 1.165) is 5.56 Å². The van der Waals surface area contributed by atoms with Crippen LogP contribution in [0.2, 0.25) is 10.0 Å². The molecule has 0 saturated carbocycles. The fourth-order valence-corrected chi connectivity index (χ4v) is 4.69. The van der Waals surface area contributed by atoms with Gasteiger partial charge in [-0.05, 0) is 42.0 Å². The number of hydrogen-bond acceptors (Lipinski definition) is 4. The predicted octanol–water partition coefficient (Wildman–Crippen LogP) is 3.67. The highest BCUT2D eigenvalue weighted by Gasteiger charge is 2.31. The molecule has 1 heterocycles. The Hall–Kier alpha value is -3.88. The Kier molecular flexibility index (Phi) is 9.22. The van der Waals surface area contributed by atoms with Crippen molar-refractivity contribution < 1.29 is 19.2 Å². The molecule has 1 aliphatic heterocycles. The van der Waals surface area contributed by atoms with Crippen LogP contribution < -0.4 is 10.2 Å². The number of piperazine rings is 1. The number of hydrogen-bond donors (Lipinski definition) is 1. The van der Waals surface area contributed by atoms with Crippen molar-refractivity contribution in [2.24, 2.45) is 0 Å². The largest absolute Gasteiger partial charge is 0.342 e. The number of amides is 4. The third kappa shape index (κ3) is 7.16. The Morgan fingerprint density at radius 2 is 1.59 bits per heavy atom. The molecule has 0 radical (unpaired) electrons. The van der Waals surface area contributed by atoms with Gasteiger partial charge in [-0.25, -0.2) is 0 Å². The molecule has 10 heteroatoms. The number of carbonyl (C=O) groups is 4. The van der Waals surface area contributed by atoms with E-state index in [1.807, 2.05) is 30.3 Å². The molecule has 1 aliphatic rings. The van der Waals surface area contributed by atoms with Crippen molar-refractivity contribution in [1.29, 1.82) is 0 Å². The molecular formula is C29H28Cl2N4O4. The van der Waals surface area contributed by atoms with E-state index in [1.54, 1.807) is 55.6 Å². The van der Waals surface area contributed by atoms with Gasteiger partial charge in [0.05, 0.1) is 17.1 Å². The second-order valence-electron chi connectivity index (χ2n) is 9.21. The summed E-state index contributed by atoms with van der Waals surface area (Å²) >= 11 is 12.1. The van der Waals surface area contributed by atoms with Crippen LogP contribution in [-0.2, 0) is 20.8 Å². The highest BCUT2D eigenvalue weighted by atomic mass is 35.5. The van der Waals surface area contributed by atoms with Crippen LogP contribution >= 0.6 is 23.2 Å². The molecule has 0 aliphatic carbocycles. The summed E-state index contributed by atoms with van der Waals surface area (Å²) < 4.78 is 0. The van der Waals surface area contributed by atoms with Crippen molar-refractivity contribution in [2.45, 2.75) is 12.5 Å². The molecule has 1 fully saturated rings. The molecule has 8 nitrogen and oxygen atoms in total. The number of halogens is 2. The van der Waals surface area contributed by atoms with Crippen LogP contribution in [0.25, 0.3) is 0 Å². The maximum absolute atomic E-state index is 13.4. The van der Waals surface area contributed by atoms with Crippen LogP contribution in [0.15, 0.2) is 78.9 Å². The molecule has 1 saturated heterocycles. The number of nitrogens with one attached hydrogen (secondary N) is 1. The number of anilines is 1. The minimum atomic E-state index is -0.862. The zero-order valence-corrected chi connectivity index (χ0v) is 22.9. The lowest BCUT2D eigenvalue weighted by molar-refractivity contribution is -0.139. The van der Waals surface area contributed by atoms with Gasteiger partial charge in [-0.1, -0.05) is 65.7 Å². The van der Waals surface area contributed by atoms with Crippen LogP contribution in [0, 0.1) is 0 Å². The fourth-order valence-electron chi connectivity index (χ4n) is 4.34. The van der Waals surface area contributed by atoms with Crippen molar-refractivity contribution in [1.82, 2.24) is 15.1 Å². The molecule has 3 aromatic rings. The Morgan fingerprint density at radius 3 is 2.26 bits per heavy atom. The first-order valence-electron chi connectivity index (χ1n) is 12.4. The average molecular weight is 567 g/mol. The van der Waals surface area contributed by atoms with E-state index >= 15 is 0 Å². The number of rotatable bonds is 8. The molecule has 0 unspecified atom stereocenters. The molecule has 3 aromatic carbocycles. The van der Waals surface area contributed by atoms with Gasteiger partial charge < -0.3 is 20.0 Å². The maximum atomic E-state index is 13.4. The molecular weight excluding hydrogens is 539 g/mol. The first kappa shape index (κ1) is 28.1. The van der Waals surface area contributed by atoms with Crippen molar-refractivity contribution in [3.63, 3.8) is 0 Å². The zero-order valence-electron chi connectivity index (χ0n) is 21.3. The monoisotopic (exact) mass is 566 g/mol. The summed E-state index contributed by atoms with van der Waals surface area (Å²) in [5, 5.41) is 3.68. The molecule has 0 aromatic heterocycles. The summed E-state index contributed by atoms with van der Waals surface area (Å²) in [7, 11) is 1.63. The van der Waals surface area contributed by atoms with E-state index in [-0.39, 0.29) is 50.3 Å². The summed E-state index contributed by atoms with van der Waals surface area (Å²) in [5.74, 6) is -1.47. The molecule has 4 rings (SSSR count). The number of likely N-dealkylation sites (N-methyl/N-ethyl adjacent to an activating group) is 1. The van der Waals surface area contributed by atoms with E-state index in [1.165, 1.54) is 14.7 Å². The zero-order chi connectivity index (χ0) is 27.9. The van der Waals surface area contributed by atoms with Gasteiger partial charge in [-0.15, -0.1) is 0 Å². The van der Waals surface area contributed by atoms with Gasteiger partial charge >= 0.3 is 0 Å². The Labute approximate surface area is 237 Å². The van der Waals surface area contributed by atoms with Crippen LogP contribution in [0.1, 0.15) is 15.9 Å². The fraction of sp³-hybridized carbons (Fsp3) is 0.241. The lowest BCUT2D eigenvalue weighted by Crippen LogP contribution is -2.56. The van der Waals surface area contributed by atoms with Crippen molar-refractivity contribution >= 4 is 52.5 Å². The quantitative estimate of drug-likeness (QED) is 0.450. The lowest BCUT2D eigenvalue weighted by atomic mass is 10.0. The minimum absolute atomic E-state index is 0.164. The second kappa shape index (κ2) is 12.8. The van der Waals surface area contributed by atoms with Gasteiger partial charge in [-0.2, -0.15) is 0 Å². The van der Waals surface area contributed by atoms with Crippen molar-refractivity contribution in [3.8, 4) is 0 Å². The van der Waals surface area contributed by atoms with Gasteiger partial charge in [0.2, 0.25) is 17.7 Å². The van der Waals surface area contributed by atoms with Gasteiger partial charge in [-0.3, -0.25) is 19.2 Å². The molecule has 1 atom stereocenters. The Bertz CT molecular complexity index is 1350. The number of carbonyl (C=O) groups excluding carboxylic acids is 4. The van der Waals surface area contributed by atoms with E-state index in [0.29, 0.717) is 21.3 Å². The topological polar surface area (TPSA) is 90.0 Å². The van der Waals surface area contributed by atoms with Gasteiger partial charge in [0.1, 0.15) is 12.6 Å². The second-order valence-corrected chi connectivity index (χ2v) is 10.0. The standard InChI is InChI=1S/C29H28Cl2N4O4/c1-33(22-13-11-21(30)12-14-22)29(39)25(17-20-7-3-2-4-8-20)32-26(36)18-34-15-16-35(19-27(34)37)28(38)23-9-5-6-10-24(23)31/h2-14,25H,15-19H2,1H3,(H,32,36)/t25-/m0/s1. The van der Waals surface area contributed by atoms with Crippen molar-refractivity contribution in [2.75, 3.05) is 38.1 Å². The van der Waals surface area contributed by atoms with Crippen LogP contribution in [0.3, 0.4) is 0 Å². The van der Waals surface area contributed by atoms with Crippen LogP contribution in [-0.4, -0.2) is 72.7 Å². The summed E-state index contributed by atoms with van der Waals surface area (Å²) in [6.07, 6.45) is 0.275. The average Bonchev–Trinajstić information content (AvgIpc) is 2.94. The van der Waals surface area contributed by atoms with Gasteiger partial charge in [0.15, 0.2) is 0 Å². The van der Waals surface area contributed by atoms with E-state index in [9.17, 15) is 19.2 Å². The summed E-state index contributed by atoms with van der Waals surface area (Å²) in [6.45, 7) is 0.0539. The summed E-state index contributed by atoms with van der Waals surface area (Å²) in [4.78, 5) is 56.4. The molecule has 202 valence electrons. The maximum Gasteiger partial charge on any atom is 0.255 e. The third-order valence-electron chi connectivity index (χ3n) is 6.51. The smallest absolute Gasteiger partial charge is 0.255 e. The molecule has 1 N–H and O–H groups in total. The molecule has 4 amide bonds. The molecule has 0 spiro atoms. The first-order valence-corrected chi connectivity index (χ1v) is 13.2. The van der Waals surface area contributed by atoms with E-state index < -0.39 is 11.9 Å². The normalized spacial score (nSPS) is 14.1. The lowest BCUT2D eigenvalue weighted by Gasteiger charge is -2.34. The molecule has 39 heavy (non-hydrogen) atoms. The highest BCUT2D eigenvalue weighted by Crippen LogP contribution is 2.20.